The van der Waals surface area contributed by atoms with Crippen LogP contribution in [0, 0.1) is 0 Å². The van der Waals surface area contributed by atoms with Crippen molar-refractivity contribution < 1.29 is 29.6 Å². The minimum absolute atomic E-state index is 0.00734. The summed E-state index contributed by atoms with van der Waals surface area (Å²) in [7, 11) is 0. The van der Waals surface area contributed by atoms with Gasteiger partial charge < -0.3 is 30.3 Å². The van der Waals surface area contributed by atoms with E-state index in [1.807, 2.05) is 0 Å². The van der Waals surface area contributed by atoms with E-state index in [-0.39, 0.29) is 31.7 Å². The molecule has 0 spiro atoms. The molecule has 1 aliphatic heterocycles. The normalized spacial score (nSPS) is 17.8. The maximum Gasteiger partial charge on any atom is 0.332 e. The lowest BCUT2D eigenvalue weighted by atomic mass is 10.1. The van der Waals surface area contributed by atoms with Gasteiger partial charge in [-0.25, -0.2) is 9.59 Å². The number of nitrogens with zero attached hydrogens (tertiary/aromatic N) is 1. The fourth-order valence-corrected chi connectivity index (χ4v) is 2.00. The number of aliphatic carboxylic acids is 1. The fraction of sp³-hybridized carbons (Fsp3) is 0.833. The number of rotatable bonds is 7. The molecule has 0 unspecified atom stereocenters. The van der Waals surface area contributed by atoms with Crippen molar-refractivity contribution >= 4 is 12.0 Å². The lowest BCUT2D eigenvalue weighted by Gasteiger charge is -2.31. The van der Waals surface area contributed by atoms with E-state index in [4.69, 9.17) is 20.1 Å². The Hall–Kier alpha value is -1.38. The minimum Gasteiger partial charge on any atom is -0.479 e. The van der Waals surface area contributed by atoms with Gasteiger partial charge in [0.05, 0.1) is 19.3 Å². The number of nitrogens with one attached hydrogen (secondary N) is 1. The zero-order valence-electron chi connectivity index (χ0n) is 11.3. The van der Waals surface area contributed by atoms with Gasteiger partial charge >= 0.3 is 12.0 Å². The van der Waals surface area contributed by atoms with E-state index in [0.717, 1.165) is 0 Å². The highest BCUT2D eigenvalue weighted by Crippen LogP contribution is 2.13. The molecule has 0 aromatic rings. The number of carboxylic acids is 1. The lowest BCUT2D eigenvalue weighted by molar-refractivity contribution is -0.146. The number of aliphatic hydroxyl groups excluding tert-OH is 2. The molecule has 1 fully saturated rings. The number of carbonyl (C=O) groups is 2. The van der Waals surface area contributed by atoms with Gasteiger partial charge in [-0.3, -0.25) is 0 Å². The Morgan fingerprint density at radius 1 is 1.35 bits per heavy atom. The molecular formula is C12H22N2O6. The van der Waals surface area contributed by atoms with Crippen molar-refractivity contribution in [3.63, 3.8) is 0 Å². The van der Waals surface area contributed by atoms with Crippen molar-refractivity contribution in [2.24, 2.45) is 0 Å². The molecule has 8 nitrogen and oxygen atoms in total. The highest BCUT2D eigenvalue weighted by molar-refractivity contribution is 5.74. The van der Waals surface area contributed by atoms with Crippen LogP contribution in [0.4, 0.5) is 4.79 Å². The zero-order valence-corrected chi connectivity index (χ0v) is 11.3. The van der Waals surface area contributed by atoms with Crippen LogP contribution in [0.2, 0.25) is 0 Å². The third kappa shape index (κ3) is 5.72. The number of aliphatic hydroxyl groups is 2. The SMILES string of the molecule is O=C(O)[C@@H](O)CCNC(=O)N1CCC(OCCO)CC1. The van der Waals surface area contributed by atoms with E-state index >= 15 is 0 Å². The van der Waals surface area contributed by atoms with Crippen molar-refractivity contribution in [3.8, 4) is 0 Å². The van der Waals surface area contributed by atoms with E-state index in [2.05, 4.69) is 5.32 Å². The van der Waals surface area contributed by atoms with Crippen LogP contribution in [0.5, 0.6) is 0 Å². The Morgan fingerprint density at radius 3 is 2.55 bits per heavy atom. The van der Waals surface area contributed by atoms with Crippen LogP contribution in [-0.2, 0) is 9.53 Å². The second-order valence-electron chi connectivity index (χ2n) is 4.66. The van der Waals surface area contributed by atoms with Crippen molar-refractivity contribution in [1.82, 2.24) is 10.2 Å². The van der Waals surface area contributed by atoms with Crippen LogP contribution in [0.3, 0.4) is 0 Å². The van der Waals surface area contributed by atoms with Gasteiger partial charge in [-0.05, 0) is 12.8 Å². The molecule has 0 saturated carbocycles. The van der Waals surface area contributed by atoms with Gasteiger partial charge in [0, 0.05) is 26.1 Å². The topological polar surface area (TPSA) is 119 Å². The summed E-state index contributed by atoms with van der Waals surface area (Å²) < 4.78 is 5.39. The monoisotopic (exact) mass is 290 g/mol. The summed E-state index contributed by atoms with van der Waals surface area (Å²) >= 11 is 0. The van der Waals surface area contributed by atoms with Crippen LogP contribution in [0.1, 0.15) is 19.3 Å². The smallest absolute Gasteiger partial charge is 0.332 e. The highest BCUT2D eigenvalue weighted by atomic mass is 16.5. The van der Waals surface area contributed by atoms with E-state index in [1.54, 1.807) is 4.90 Å². The van der Waals surface area contributed by atoms with E-state index in [0.29, 0.717) is 32.5 Å². The Kier molecular flexibility index (Phi) is 7.27. The number of ether oxygens (including phenoxy) is 1. The number of carboxylic acid groups (broad SMARTS) is 1. The Morgan fingerprint density at radius 2 is 2.00 bits per heavy atom. The zero-order chi connectivity index (χ0) is 15.0. The molecule has 0 bridgehead atoms. The summed E-state index contributed by atoms with van der Waals surface area (Å²) in [6, 6.07) is -0.261. The van der Waals surface area contributed by atoms with Gasteiger partial charge in [0.2, 0.25) is 0 Å². The van der Waals surface area contributed by atoms with Gasteiger partial charge in [-0.15, -0.1) is 0 Å². The first-order valence-electron chi connectivity index (χ1n) is 6.70. The molecule has 116 valence electrons. The number of hydrogen-bond acceptors (Lipinski definition) is 5. The molecular weight excluding hydrogens is 268 g/mol. The molecule has 1 atom stereocenters. The summed E-state index contributed by atoms with van der Waals surface area (Å²) in [6.45, 7) is 1.54. The summed E-state index contributed by atoms with van der Waals surface area (Å²) in [5, 5.41) is 28.8. The molecule has 0 aromatic carbocycles. The third-order valence-corrected chi connectivity index (χ3v) is 3.15. The summed E-state index contributed by atoms with van der Waals surface area (Å²) in [4.78, 5) is 23.8. The first-order chi connectivity index (χ1) is 9.54. The molecule has 4 N–H and O–H groups in total. The van der Waals surface area contributed by atoms with E-state index in [9.17, 15) is 9.59 Å². The van der Waals surface area contributed by atoms with Crippen molar-refractivity contribution in [2.45, 2.75) is 31.5 Å². The quantitative estimate of drug-likeness (QED) is 0.478. The molecule has 1 heterocycles. The second-order valence-corrected chi connectivity index (χ2v) is 4.66. The van der Waals surface area contributed by atoms with Gasteiger partial charge in [0.15, 0.2) is 6.10 Å². The molecule has 8 heteroatoms. The minimum atomic E-state index is -1.45. The predicted molar refractivity (Wildman–Crippen MR) is 69.3 cm³/mol. The summed E-state index contributed by atoms with van der Waals surface area (Å²) in [5.41, 5.74) is 0. The summed E-state index contributed by atoms with van der Waals surface area (Å²) in [6.07, 6.45) is 0.0287. The van der Waals surface area contributed by atoms with Crippen molar-refractivity contribution in [3.05, 3.63) is 0 Å². The number of likely N-dealkylation sites (tertiary alicyclic amines) is 1. The second kappa shape index (κ2) is 8.72. The maximum absolute atomic E-state index is 11.8. The van der Waals surface area contributed by atoms with Gasteiger partial charge in [0.25, 0.3) is 0 Å². The molecule has 20 heavy (non-hydrogen) atoms. The molecule has 0 radical (unpaired) electrons. The van der Waals surface area contributed by atoms with Crippen LogP contribution in [0.15, 0.2) is 0 Å². The van der Waals surface area contributed by atoms with Gasteiger partial charge in [-0.1, -0.05) is 0 Å². The number of carbonyl (C=O) groups excluding carboxylic acids is 1. The highest BCUT2D eigenvalue weighted by Gasteiger charge is 2.23. The predicted octanol–water partition coefficient (Wildman–Crippen LogP) is -0.995. The number of hydrogen-bond donors (Lipinski definition) is 4. The average Bonchev–Trinajstić information content (AvgIpc) is 2.45. The first-order valence-corrected chi connectivity index (χ1v) is 6.70. The summed E-state index contributed by atoms with van der Waals surface area (Å²) in [5.74, 6) is -1.29. The number of urea groups is 1. The molecule has 0 aromatic heterocycles. The molecule has 1 rings (SSSR count). The maximum atomic E-state index is 11.8. The van der Waals surface area contributed by atoms with Crippen LogP contribution in [0.25, 0.3) is 0 Å². The Balaban J connectivity index is 2.17. The average molecular weight is 290 g/mol. The number of piperidine rings is 1. The first kappa shape index (κ1) is 16.7. The lowest BCUT2D eigenvalue weighted by Crippen LogP contribution is -2.46. The van der Waals surface area contributed by atoms with E-state index < -0.39 is 12.1 Å². The van der Waals surface area contributed by atoms with Crippen molar-refractivity contribution in [1.29, 1.82) is 0 Å². The van der Waals surface area contributed by atoms with Crippen LogP contribution < -0.4 is 5.32 Å². The van der Waals surface area contributed by atoms with Crippen molar-refractivity contribution in [2.75, 3.05) is 32.8 Å². The molecule has 1 aliphatic rings. The molecule has 0 aliphatic carbocycles. The third-order valence-electron chi connectivity index (χ3n) is 3.15. The Bertz CT molecular complexity index is 317. The molecule has 1 saturated heterocycles. The number of amides is 2. The van der Waals surface area contributed by atoms with Gasteiger partial charge in [0.1, 0.15) is 0 Å². The standard InChI is InChI=1S/C12H22N2O6/c15-7-8-20-9-2-5-14(6-3-9)12(19)13-4-1-10(16)11(17)18/h9-10,15-16H,1-8H2,(H,13,19)(H,17,18)/t10-/m0/s1. The fourth-order valence-electron chi connectivity index (χ4n) is 2.00. The largest absolute Gasteiger partial charge is 0.479 e. The van der Waals surface area contributed by atoms with E-state index in [1.165, 1.54) is 0 Å². The van der Waals surface area contributed by atoms with Crippen LogP contribution >= 0.6 is 0 Å². The van der Waals surface area contributed by atoms with Crippen LogP contribution in [-0.4, -0.2) is 77.3 Å². The Labute approximate surface area is 117 Å². The van der Waals surface area contributed by atoms with Gasteiger partial charge in [-0.2, -0.15) is 0 Å². The molecule has 2 amide bonds.